The number of nitrogens with one attached hydrogen (secondary N) is 3. The van der Waals surface area contributed by atoms with Crippen LogP contribution >= 0.6 is 0 Å². The van der Waals surface area contributed by atoms with Crippen LogP contribution in [0.15, 0.2) is 24.3 Å². The third-order valence-electron chi connectivity index (χ3n) is 3.10. The number of amides is 3. The quantitative estimate of drug-likeness (QED) is 0.787. The van der Waals surface area contributed by atoms with Gasteiger partial charge in [-0.2, -0.15) is 0 Å². The summed E-state index contributed by atoms with van der Waals surface area (Å²) in [5, 5.41) is 8.71. The number of anilines is 2. The van der Waals surface area contributed by atoms with Crippen molar-refractivity contribution in [2.45, 2.75) is 26.3 Å². The molecule has 1 aliphatic heterocycles. The number of hydrogen-bond acceptors (Lipinski definition) is 3. The Morgan fingerprint density at radius 1 is 1.29 bits per heavy atom. The highest BCUT2D eigenvalue weighted by Gasteiger charge is 2.20. The number of nitrogens with zero attached hydrogens (tertiary/aromatic N) is 1. The number of benzene rings is 1. The smallest absolute Gasteiger partial charge is 0.321 e. The van der Waals surface area contributed by atoms with Crippen molar-refractivity contribution in [2.75, 3.05) is 29.9 Å². The predicted octanol–water partition coefficient (Wildman–Crippen LogP) is 1.54. The maximum atomic E-state index is 11.8. The summed E-state index contributed by atoms with van der Waals surface area (Å²) < 4.78 is 0. The van der Waals surface area contributed by atoms with E-state index < -0.39 is 0 Å². The van der Waals surface area contributed by atoms with Gasteiger partial charge in [0.25, 0.3) is 0 Å². The molecule has 6 heteroatoms. The highest BCUT2D eigenvalue weighted by atomic mass is 16.2. The Morgan fingerprint density at radius 2 is 1.95 bits per heavy atom. The van der Waals surface area contributed by atoms with Crippen LogP contribution in [0.2, 0.25) is 0 Å². The lowest BCUT2D eigenvalue weighted by Crippen LogP contribution is -2.41. The summed E-state index contributed by atoms with van der Waals surface area (Å²) in [5.74, 6) is -0.0865. The Bertz CT molecular complexity index is 519. The fourth-order valence-electron chi connectivity index (χ4n) is 1.99. The summed E-state index contributed by atoms with van der Waals surface area (Å²) in [4.78, 5) is 25.0. The molecular weight excluding hydrogens is 268 g/mol. The summed E-state index contributed by atoms with van der Waals surface area (Å²) in [6.45, 7) is 7.62. The second kappa shape index (κ2) is 6.13. The van der Waals surface area contributed by atoms with E-state index in [9.17, 15) is 9.59 Å². The second-order valence-corrected chi connectivity index (χ2v) is 6.08. The highest BCUT2D eigenvalue weighted by molar-refractivity contribution is 5.95. The van der Waals surface area contributed by atoms with Gasteiger partial charge >= 0.3 is 6.03 Å². The minimum atomic E-state index is -0.0929. The number of hydrogen-bond donors (Lipinski definition) is 3. The van der Waals surface area contributed by atoms with Gasteiger partial charge in [0.2, 0.25) is 5.91 Å². The first-order valence-corrected chi connectivity index (χ1v) is 7.05. The van der Waals surface area contributed by atoms with Crippen LogP contribution in [0.25, 0.3) is 0 Å². The van der Waals surface area contributed by atoms with Gasteiger partial charge in [-0.3, -0.25) is 9.69 Å². The zero-order valence-electron chi connectivity index (χ0n) is 12.7. The lowest BCUT2D eigenvalue weighted by molar-refractivity contribution is -0.115. The molecule has 3 amide bonds. The first kappa shape index (κ1) is 15.3. The van der Waals surface area contributed by atoms with Gasteiger partial charge in [-0.15, -0.1) is 0 Å². The Balaban J connectivity index is 1.90. The zero-order valence-corrected chi connectivity index (χ0v) is 12.7. The SMILES string of the molecule is CC(C)(C)NCC(=O)Nc1ccc(N2CCNC2=O)cc1. The van der Waals surface area contributed by atoms with Gasteiger partial charge in [-0.1, -0.05) is 0 Å². The lowest BCUT2D eigenvalue weighted by Gasteiger charge is -2.20. The minimum Gasteiger partial charge on any atom is -0.336 e. The van der Waals surface area contributed by atoms with Crippen molar-refractivity contribution in [1.29, 1.82) is 0 Å². The molecule has 2 rings (SSSR count). The van der Waals surface area contributed by atoms with Gasteiger partial charge in [0.05, 0.1) is 6.54 Å². The van der Waals surface area contributed by atoms with Gasteiger partial charge in [0, 0.05) is 30.0 Å². The molecule has 0 spiro atoms. The van der Waals surface area contributed by atoms with Crippen LogP contribution in [0.3, 0.4) is 0 Å². The van der Waals surface area contributed by atoms with Crippen molar-refractivity contribution < 1.29 is 9.59 Å². The molecule has 21 heavy (non-hydrogen) atoms. The van der Waals surface area contributed by atoms with Crippen LogP contribution in [0.4, 0.5) is 16.2 Å². The van der Waals surface area contributed by atoms with E-state index in [4.69, 9.17) is 0 Å². The van der Waals surface area contributed by atoms with E-state index in [1.54, 1.807) is 17.0 Å². The molecule has 0 radical (unpaired) electrons. The average molecular weight is 290 g/mol. The molecule has 0 aromatic heterocycles. The van der Waals surface area contributed by atoms with Crippen LogP contribution in [-0.4, -0.2) is 37.1 Å². The molecule has 1 aromatic carbocycles. The molecule has 1 aromatic rings. The molecule has 0 saturated carbocycles. The molecule has 0 bridgehead atoms. The van der Waals surface area contributed by atoms with Crippen molar-refractivity contribution in [3.8, 4) is 0 Å². The number of carbonyl (C=O) groups excluding carboxylic acids is 2. The summed E-state index contributed by atoms with van der Waals surface area (Å²) >= 11 is 0. The maximum Gasteiger partial charge on any atom is 0.321 e. The van der Waals surface area contributed by atoms with Crippen molar-refractivity contribution in [3.63, 3.8) is 0 Å². The Kier molecular flexibility index (Phi) is 4.47. The Hall–Kier alpha value is -2.08. The molecule has 0 unspecified atom stereocenters. The van der Waals surface area contributed by atoms with E-state index in [0.717, 1.165) is 11.4 Å². The second-order valence-electron chi connectivity index (χ2n) is 6.08. The minimum absolute atomic E-state index is 0.0823. The van der Waals surface area contributed by atoms with Crippen molar-refractivity contribution in [1.82, 2.24) is 10.6 Å². The van der Waals surface area contributed by atoms with Crippen LogP contribution < -0.4 is 20.9 Å². The van der Waals surface area contributed by atoms with E-state index in [2.05, 4.69) is 16.0 Å². The molecule has 0 atom stereocenters. The summed E-state index contributed by atoms with van der Waals surface area (Å²) in [6, 6.07) is 7.18. The van der Waals surface area contributed by atoms with Gasteiger partial charge in [0.15, 0.2) is 0 Å². The fraction of sp³-hybridized carbons (Fsp3) is 0.467. The van der Waals surface area contributed by atoms with E-state index in [1.807, 2.05) is 32.9 Å². The first-order chi connectivity index (χ1) is 9.85. The highest BCUT2D eigenvalue weighted by Crippen LogP contribution is 2.19. The molecule has 1 saturated heterocycles. The van der Waals surface area contributed by atoms with Crippen molar-refractivity contribution in [3.05, 3.63) is 24.3 Å². The summed E-state index contributed by atoms with van der Waals surface area (Å²) in [6.07, 6.45) is 0. The van der Waals surface area contributed by atoms with Gasteiger partial charge in [-0.25, -0.2) is 4.79 Å². The van der Waals surface area contributed by atoms with E-state index in [0.29, 0.717) is 13.1 Å². The monoisotopic (exact) mass is 290 g/mol. The molecule has 0 aliphatic carbocycles. The zero-order chi connectivity index (χ0) is 15.5. The van der Waals surface area contributed by atoms with E-state index >= 15 is 0 Å². The Labute approximate surface area is 124 Å². The van der Waals surface area contributed by atoms with Crippen molar-refractivity contribution >= 4 is 23.3 Å². The average Bonchev–Trinajstić information content (AvgIpc) is 2.83. The third-order valence-corrected chi connectivity index (χ3v) is 3.10. The van der Waals surface area contributed by atoms with E-state index in [1.165, 1.54) is 0 Å². The standard InChI is InChI=1S/C15H22N4O2/c1-15(2,3)17-10-13(20)18-11-4-6-12(7-5-11)19-9-8-16-14(19)21/h4-7,17H,8-10H2,1-3H3,(H,16,21)(H,18,20). The van der Waals surface area contributed by atoms with Crippen LogP contribution in [0, 0.1) is 0 Å². The molecule has 1 fully saturated rings. The summed E-state index contributed by atoms with van der Waals surface area (Å²) in [5.41, 5.74) is 1.46. The first-order valence-electron chi connectivity index (χ1n) is 7.05. The Morgan fingerprint density at radius 3 is 2.48 bits per heavy atom. The van der Waals surface area contributed by atoms with Gasteiger partial charge < -0.3 is 16.0 Å². The van der Waals surface area contributed by atoms with Gasteiger partial charge in [-0.05, 0) is 45.0 Å². The summed E-state index contributed by atoms with van der Waals surface area (Å²) in [7, 11) is 0. The molecule has 114 valence electrons. The maximum absolute atomic E-state index is 11.8. The van der Waals surface area contributed by atoms with E-state index in [-0.39, 0.29) is 24.0 Å². The van der Waals surface area contributed by atoms with Crippen LogP contribution in [0.5, 0.6) is 0 Å². The fourth-order valence-corrected chi connectivity index (χ4v) is 1.99. The van der Waals surface area contributed by atoms with Crippen molar-refractivity contribution in [2.24, 2.45) is 0 Å². The van der Waals surface area contributed by atoms with Crippen LogP contribution in [-0.2, 0) is 4.79 Å². The van der Waals surface area contributed by atoms with Gasteiger partial charge in [0.1, 0.15) is 0 Å². The molecule has 6 nitrogen and oxygen atoms in total. The topological polar surface area (TPSA) is 73.5 Å². The predicted molar refractivity (Wildman–Crippen MR) is 83.6 cm³/mol. The molecule has 1 aliphatic rings. The molecular formula is C15H22N4O2. The third kappa shape index (κ3) is 4.46. The lowest BCUT2D eigenvalue weighted by atomic mass is 10.1. The number of urea groups is 1. The van der Waals surface area contributed by atoms with Crippen LogP contribution in [0.1, 0.15) is 20.8 Å². The largest absolute Gasteiger partial charge is 0.336 e. The number of carbonyl (C=O) groups is 2. The normalized spacial score (nSPS) is 15.0. The number of rotatable bonds is 4. The molecule has 3 N–H and O–H groups in total. The molecule has 1 heterocycles.